The molecule has 0 aromatic carbocycles. The fourth-order valence-electron chi connectivity index (χ4n) is 3.55. The summed E-state index contributed by atoms with van der Waals surface area (Å²) in [5, 5.41) is 3.43. The number of ether oxygens (including phenoxy) is 1. The number of nitrogens with one attached hydrogen (secondary N) is 1. The lowest BCUT2D eigenvalue weighted by molar-refractivity contribution is -0.121. The zero-order valence-corrected chi connectivity index (χ0v) is 18.0. The first-order valence-electron chi connectivity index (χ1n) is 9.83. The van der Waals surface area contributed by atoms with E-state index in [0.717, 1.165) is 29.7 Å². The lowest BCUT2D eigenvalue weighted by atomic mass is 9.88. The van der Waals surface area contributed by atoms with E-state index >= 15 is 0 Å². The Morgan fingerprint density at radius 1 is 1.32 bits per heavy atom. The molecule has 1 aromatic rings. The Balaban J connectivity index is 2.20. The molecule has 156 valence electrons. The van der Waals surface area contributed by atoms with E-state index in [2.05, 4.69) is 12.2 Å². The van der Waals surface area contributed by atoms with E-state index < -0.39 is 5.91 Å². The quantitative estimate of drug-likeness (QED) is 0.610. The Bertz CT molecular complexity index is 729. The Morgan fingerprint density at radius 2 is 2.04 bits per heavy atom. The van der Waals surface area contributed by atoms with Crippen LogP contribution in [0.25, 0.3) is 0 Å². The van der Waals surface area contributed by atoms with Crippen LogP contribution in [0.2, 0.25) is 0 Å². The summed E-state index contributed by atoms with van der Waals surface area (Å²) in [6.07, 6.45) is 2.74. The molecule has 1 atom stereocenters. The standard InChI is InChI=1S/C20H31N3O4S/c1-5-27-20(26)18-14-7-6-13(4)8-15(14)28-19(18)22-17(25)11-23(9-12(2)3)10-16(21)24/h12-13H,5-11H2,1-4H3,(H2,21,24)(H,22,25)/t13-/m1/s1. The molecule has 0 saturated heterocycles. The molecular weight excluding hydrogens is 378 g/mol. The van der Waals surface area contributed by atoms with Crippen LogP contribution in [0, 0.1) is 11.8 Å². The van der Waals surface area contributed by atoms with Crippen LogP contribution >= 0.6 is 11.3 Å². The normalized spacial score (nSPS) is 16.1. The summed E-state index contributed by atoms with van der Waals surface area (Å²) in [6, 6.07) is 0. The van der Waals surface area contributed by atoms with Gasteiger partial charge < -0.3 is 15.8 Å². The van der Waals surface area contributed by atoms with Crippen molar-refractivity contribution in [3.05, 3.63) is 16.0 Å². The highest BCUT2D eigenvalue weighted by Gasteiger charge is 2.29. The van der Waals surface area contributed by atoms with E-state index in [1.165, 1.54) is 11.3 Å². The molecule has 1 heterocycles. The number of thiophene rings is 1. The number of nitrogens with zero attached hydrogens (tertiary/aromatic N) is 1. The van der Waals surface area contributed by atoms with Gasteiger partial charge >= 0.3 is 5.97 Å². The maximum atomic E-state index is 12.6. The Labute approximate surface area is 170 Å². The van der Waals surface area contributed by atoms with Crippen molar-refractivity contribution in [1.29, 1.82) is 0 Å². The van der Waals surface area contributed by atoms with Gasteiger partial charge in [-0.15, -0.1) is 11.3 Å². The monoisotopic (exact) mass is 409 g/mol. The highest BCUT2D eigenvalue weighted by Crippen LogP contribution is 2.40. The molecule has 0 radical (unpaired) electrons. The van der Waals surface area contributed by atoms with Crippen LogP contribution in [0.4, 0.5) is 5.00 Å². The van der Waals surface area contributed by atoms with Crippen molar-refractivity contribution >= 4 is 34.1 Å². The first-order chi connectivity index (χ1) is 13.2. The van der Waals surface area contributed by atoms with Crippen molar-refractivity contribution in [2.24, 2.45) is 17.6 Å². The molecule has 1 aliphatic carbocycles. The van der Waals surface area contributed by atoms with Gasteiger partial charge in [-0.05, 0) is 43.6 Å². The van der Waals surface area contributed by atoms with E-state index in [1.807, 2.05) is 13.8 Å². The lowest BCUT2D eigenvalue weighted by Gasteiger charge is -2.22. The van der Waals surface area contributed by atoms with Crippen molar-refractivity contribution in [3.8, 4) is 0 Å². The Morgan fingerprint density at radius 3 is 2.64 bits per heavy atom. The van der Waals surface area contributed by atoms with Gasteiger partial charge in [0.25, 0.3) is 0 Å². The maximum Gasteiger partial charge on any atom is 0.341 e. The minimum absolute atomic E-state index is 0.0226. The van der Waals surface area contributed by atoms with Gasteiger partial charge in [0.2, 0.25) is 11.8 Å². The van der Waals surface area contributed by atoms with E-state index in [-0.39, 0.29) is 37.5 Å². The second-order valence-corrected chi connectivity index (χ2v) is 8.96. The van der Waals surface area contributed by atoms with Gasteiger partial charge in [0.15, 0.2) is 0 Å². The third kappa shape index (κ3) is 6.04. The maximum absolute atomic E-state index is 12.6. The van der Waals surface area contributed by atoms with Crippen molar-refractivity contribution in [2.45, 2.75) is 47.0 Å². The molecule has 0 spiro atoms. The molecule has 0 bridgehead atoms. The Hall–Kier alpha value is -1.93. The number of amides is 2. The topological polar surface area (TPSA) is 102 Å². The molecule has 1 aliphatic rings. The van der Waals surface area contributed by atoms with Gasteiger partial charge in [-0.3, -0.25) is 14.5 Å². The van der Waals surface area contributed by atoms with Crippen LogP contribution in [-0.4, -0.2) is 48.9 Å². The molecule has 8 heteroatoms. The highest BCUT2D eigenvalue weighted by molar-refractivity contribution is 7.17. The average Bonchev–Trinajstić information content (AvgIpc) is 2.90. The second kappa shape index (κ2) is 10.0. The zero-order chi connectivity index (χ0) is 20.8. The molecule has 28 heavy (non-hydrogen) atoms. The molecule has 3 N–H and O–H groups in total. The predicted octanol–water partition coefficient (Wildman–Crippen LogP) is 2.43. The Kier molecular flexibility index (Phi) is 8.00. The SMILES string of the molecule is CCOC(=O)c1c(NC(=O)CN(CC(N)=O)CC(C)C)sc2c1CC[C@@H](C)C2. The lowest BCUT2D eigenvalue weighted by Crippen LogP contribution is -2.41. The van der Waals surface area contributed by atoms with E-state index in [9.17, 15) is 14.4 Å². The van der Waals surface area contributed by atoms with Crippen LogP contribution in [0.5, 0.6) is 0 Å². The van der Waals surface area contributed by atoms with Crippen LogP contribution in [0.3, 0.4) is 0 Å². The summed E-state index contributed by atoms with van der Waals surface area (Å²) in [7, 11) is 0. The van der Waals surface area contributed by atoms with Gasteiger partial charge in [-0.1, -0.05) is 20.8 Å². The van der Waals surface area contributed by atoms with Crippen LogP contribution in [-0.2, 0) is 27.2 Å². The fraction of sp³-hybridized carbons (Fsp3) is 0.650. The molecule has 0 fully saturated rings. The van der Waals surface area contributed by atoms with Crippen molar-refractivity contribution in [2.75, 3.05) is 31.6 Å². The number of anilines is 1. The number of carbonyl (C=O) groups is 3. The number of hydrogen-bond donors (Lipinski definition) is 2. The number of carbonyl (C=O) groups excluding carboxylic acids is 3. The smallest absolute Gasteiger partial charge is 0.341 e. The minimum Gasteiger partial charge on any atom is -0.462 e. The summed E-state index contributed by atoms with van der Waals surface area (Å²) in [5.74, 6) is -0.277. The van der Waals surface area contributed by atoms with Crippen LogP contribution < -0.4 is 11.1 Å². The van der Waals surface area contributed by atoms with Crippen LogP contribution in [0.15, 0.2) is 0 Å². The molecule has 0 saturated carbocycles. The molecule has 0 aliphatic heterocycles. The highest BCUT2D eigenvalue weighted by atomic mass is 32.1. The zero-order valence-electron chi connectivity index (χ0n) is 17.2. The first-order valence-corrected chi connectivity index (χ1v) is 10.6. The molecule has 2 rings (SSSR count). The van der Waals surface area contributed by atoms with Crippen molar-refractivity contribution in [1.82, 2.24) is 4.90 Å². The number of fused-ring (bicyclic) bond motifs is 1. The van der Waals surface area contributed by atoms with Gasteiger partial charge in [0.05, 0.1) is 25.3 Å². The molecule has 7 nitrogen and oxygen atoms in total. The van der Waals surface area contributed by atoms with E-state index in [1.54, 1.807) is 11.8 Å². The minimum atomic E-state index is -0.471. The fourth-order valence-corrected chi connectivity index (χ4v) is 4.96. The summed E-state index contributed by atoms with van der Waals surface area (Å²) < 4.78 is 5.23. The third-order valence-corrected chi connectivity index (χ3v) is 5.78. The average molecular weight is 410 g/mol. The number of esters is 1. The van der Waals surface area contributed by atoms with Gasteiger partial charge in [-0.2, -0.15) is 0 Å². The van der Waals surface area contributed by atoms with E-state index in [0.29, 0.717) is 23.0 Å². The molecular formula is C20H31N3O4S. The number of primary amides is 1. The number of hydrogen-bond acceptors (Lipinski definition) is 6. The number of nitrogens with two attached hydrogens (primary N) is 1. The third-order valence-electron chi connectivity index (χ3n) is 4.61. The van der Waals surface area contributed by atoms with Crippen LogP contribution in [0.1, 0.15) is 54.9 Å². The summed E-state index contributed by atoms with van der Waals surface area (Å²) >= 11 is 1.46. The molecule has 0 unspecified atom stereocenters. The van der Waals surface area contributed by atoms with Gasteiger partial charge in [-0.25, -0.2) is 4.79 Å². The largest absolute Gasteiger partial charge is 0.462 e. The first kappa shape index (κ1) is 22.4. The van der Waals surface area contributed by atoms with Crippen molar-refractivity contribution < 1.29 is 19.1 Å². The predicted molar refractivity (Wildman–Crippen MR) is 111 cm³/mol. The summed E-state index contributed by atoms with van der Waals surface area (Å²) in [5.41, 5.74) is 6.80. The molecule has 1 aromatic heterocycles. The molecule has 2 amide bonds. The number of rotatable bonds is 9. The second-order valence-electron chi connectivity index (χ2n) is 7.85. The van der Waals surface area contributed by atoms with Gasteiger partial charge in [0.1, 0.15) is 5.00 Å². The van der Waals surface area contributed by atoms with E-state index in [4.69, 9.17) is 10.5 Å². The summed E-state index contributed by atoms with van der Waals surface area (Å²) in [4.78, 5) is 39.4. The van der Waals surface area contributed by atoms with Gasteiger partial charge in [0, 0.05) is 11.4 Å². The summed E-state index contributed by atoms with van der Waals surface area (Å²) in [6.45, 7) is 8.92. The van der Waals surface area contributed by atoms with Crippen molar-refractivity contribution in [3.63, 3.8) is 0 Å².